The molecule has 0 amide bonds. The van der Waals surface area contributed by atoms with Crippen molar-refractivity contribution in [2.45, 2.75) is 13.8 Å². The van der Waals surface area contributed by atoms with E-state index in [4.69, 9.17) is 9.66 Å². The molecule has 0 aliphatic carbocycles. The number of rotatable bonds is 2. The fraction of sp³-hybridized carbons (Fsp3) is 0.500. The number of allylic oxidation sites excluding steroid dienone is 1. The van der Waals surface area contributed by atoms with Crippen LogP contribution in [-0.2, 0) is 14.9 Å². The van der Waals surface area contributed by atoms with Crippen LogP contribution in [0.3, 0.4) is 0 Å². The summed E-state index contributed by atoms with van der Waals surface area (Å²) in [4.78, 5) is 9.51. The van der Waals surface area contributed by atoms with Gasteiger partial charge in [0.1, 0.15) is 0 Å². The van der Waals surface area contributed by atoms with E-state index >= 15 is 0 Å². The Balaban J connectivity index is 0. The summed E-state index contributed by atoms with van der Waals surface area (Å²) in [5.74, 6) is -1.09. The number of aliphatic carboxylic acids is 1. The maximum atomic E-state index is 9.56. The highest BCUT2D eigenvalue weighted by Crippen LogP contribution is 1.74. The lowest BCUT2D eigenvalue weighted by Crippen LogP contribution is -1.97. The van der Waals surface area contributed by atoms with Crippen molar-refractivity contribution in [2.24, 2.45) is 0 Å². The molecule has 0 aromatic rings. The fourth-order valence-corrected chi connectivity index (χ4v) is 0.143. The number of hydrogen-bond acceptors (Lipinski definition) is 3. The average Bonchev–Trinajstić information content (AvgIpc) is 1.87. The Morgan fingerprint density at radius 3 is 1.83 bits per heavy atom. The molecule has 0 aromatic carbocycles. The number of carboxylic acid groups (broad SMARTS) is 1. The Labute approximate surface area is 71.5 Å². The molecule has 0 aromatic heterocycles. The van der Waals surface area contributed by atoms with E-state index in [-0.39, 0.29) is 5.75 Å². The van der Waals surface area contributed by atoms with Crippen molar-refractivity contribution in [1.29, 1.82) is 0 Å². The van der Waals surface area contributed by atoms with Crippen LogP contribution >= 0.6 is 0 Å². The van der Waals surface area contributed by atoms with E-state index in [1.54, 1.807) is 6.92 Å². The Bertz CT molecular complexity index is 239. The van der Waals surface area contributed by atoms with Gasteiger partial charge in [-0.15, -0.1) is 0 Å². The highest BCUT2D eigenvalue weighted by Gasteiger charge is 1.93. The SMILES string of the molecule is CC=CC(=O)O.CCS(=O)(=O)O. The Hall–Kier alpha value is -0.880. The molecule has 0 aliphatic heterocycles. The van der Waals surface area contributed by atoms with Gasteiger partial charge in [-0.25, -0.2) is 4.79 Å². The smallest absolute Gasteiger partial charge is 0.327 e. The van der Waals surface area contributed by atoms with Crippen LogP contribution in [0.5, 0.6) is 0 Å². The molecule has 0 fully saturated rings. The first-order valence-corrected chi connectivity index (χ1v) is 4.75. The Morgan fingerprint density at radius 2 is 1.83 bits per heavy atom. The van der Waals surface area contributed by atoms with Gasteiger partial charge in [-0.1, -0.05) is 6.08 Å². The highest BCUT2D eigenvalue weighted by atomic mass is 32.2. The fourth-order valence-electron chi connectivity index (χ4n) is 0.143. The molecule has 12 heavy (non-hydrogen) atoms. The monoisotopic (exact) mass is 196 g/mol. The van der Waals surface area contributed by atoms with Crippen molar-refractivity contribution >= 4 is 16.1 Å². The van der Waals surface area contributed by atoms with E-state index < -0.39 is 16.1 Å². The number of carbonyl (C=O) groups is 1. The maximum Gasteiger partial charge on any atom is 0.327 e. The van der Waals surface area contributed by atoms with Crippen LogP contribution in [0.15, 0.2) is 12.2 Å². The zero-order valence-corrected chi connectivity index (χ0v) is 7.71. The quantitative estimate of drug-likeness (QED) is 0.496. The summed E-state index contributed by atoms with van der Waals surface area (Å²) in [5, 5.41) is 7.83. The van der Waals surface area contributed by atoms with Crippen LogP contribution in [0.25, 0.3) is 0 Å². The van der Waals surface area contributed by atoms with Gasteiger partial charge in [0.15, 0.2) is 0 Å². The summed E-state index contributed by atoms with van der Waals surface area (Å²) >= 11 is 0. The van der Waals surface area contributed by atoms with E-state index in [0.29, 0.717) is 0 Å². The average molecular weight is 196 g/mol. The molecule has 2 N–H and O–H groups in total. The lowest BCUT2D eigenvalue weighted by atomic mass is 10.5. The molecule has 72 valence electrons. The van der Waals surface area contributed by atoms with Gasteiger partial charge < -0.3 is 5.11 Å². The summed E-state index contributed by atoms with van der Waals surface area (Å²) in [6.45, 7) is 3.03. The van der Waals surface area contributed by atoms with E-state index in [0.717, 1.165) is 6.08 Å². The second kappa shape index (κ2) is 6.81. The molecular formula is C6H12O5S. The van der Waals surface area contributed by atoms with Crippen LogP contribution in [0, 0.1) is 0 Å². The molecule has 0 saturated heterocycles. The van der Waals surface area contributed by atoms with Gasteiger partial charge in [0.05, 0.1) is 5.75 Å². The van der Waals surface area contributed by atoms with Crippen molar-refractivity contribution in [3.63, 3.8) is 0 Å². The van der Waals surface area contributed by atoms with E-state index in [1.807, 2.05) is 0 Å². The van der Waals surface area contributed by atoms with E-state index in [1.165, 1.54) is 13.0 Å². The molecular weight excluding hydrogens is 184 g/mol. The Morgan fingerprint density at radius 1 is 1.50 bits per heavy atom. The molecule has 0 rings (SSSR count). The van der Waals surface area contributed by atoms with Crippen LogP contribution < -0.4 is 0 Å². The molecule has 6 heteroatoms. The molecule has 0 unspecified atom stereocenters. The highest BCUT2D eigenvalue weighted by molar-refractivity contribution is 7.85. The van der Waals surface area contributed by atoms with Gasteiger partial charge in [0, 0.05) is 6.08 Å². The summed E-state index contributed by atoms with van der Waals surface area (Å²) < 4.78 is 26.9. The van der Waals surface area contributed by atoms with Gasteiger partial charge in [0.25, 0.3) is 10.1 Å². The second-order valence-electron chi connectivity index (χ2n) is 1.71. The van der Waals surface area contributed by atoms with Crippen molar-refractivity contribution < 1.29 is 22.9 Å². The van der Waals surface area contributed by atoms with Gasteiger partial charge in [-0.05, 0) is 13.8 Å². The van der Waals surface area contributed by atoms with Crippen LogP contribution in [0.2, 0.25) is 0 Å². The van der Waals surface area contributed by atoms with Gasteiger partial charge in [0.2, 0.25) is 0 Å². The first kappa shape index (κ1) is 13.7. The lowest BCUT2D eigenvalue weighted by Gasteiger charge is -1.79. The normalized spacial score (nSPS) is 10.6. The molecule has 0 bridgehead atoms. The van der Waals surface area contributed by atoms with Gasteiger partial charge in [-0.3, -0.25) is 4.55 Å². The van der Waals surface area contributed by atoms with Gasteiger partial charge >= 0.3 is 5.97 Å². The largest absolute Gasteiger partial charge is 0.478 e. The zero-order chi connectivity index (χ0) is 10.2. The third kappa shape index (κ3) is 22.9. The predicted octanol–water partition coefficient (Wildman–Crippen LogP) is 0.541. The minimum Gasteiger partial charge on any atom is -0.478 e. The summed E-state index contributed by atoms with van der Waals surface area (Å²) in [5.41, 5.74) is 0. The molecule has 0 heterocycles. The van der Waals surface area contributed by atoms with Crippen molar-refractivity contribution in [3.8, 4) is 0 Å². The van der Waals surface area contributed by atoms with E-state index in [9.17, 15) is 13.2 Å². The Kier molecular flexibility index (Phi) is 7.77. The zero-order valence-electron chi connectivity index (χ0n) is 6.89. The standard InChI is InChI=1S/C4H6O2.C2H6O3S/c1-2-3-4(5)6;1-2-6(3,4)5/h2-3H,1H3,(H,5,6);2H2,1H3,(H,3,4,5). The second-order valence-corrected chi connectivity index (χ2v) is 3.45. The maximum absolute atomic E-state index is 9.56. The molecule has 0 radical (unpaired) electrons. The molecule has 0 aliphatic rings. The number of hydrogen-bond donors (Lipinski definition) is 2. The first-order chi connectivity index (χ1) is 5.33. The summed E-state index contributed by atoms with van der Waals surface area (Å²) in [6, 6.07) is 0. The van der Waals surface area contributed by atoms with Crippen LogP contribution in [0.1, 0.15) is 13.8 Å². The minimum absolute atomic E-state index is 0.201. The van der Waals surface area contributed by atoms with Crippen LogP contribution in [-0.4, -0.2) is 29.8 Å². The molecule has 0 saturated carbocycles. The third-order valence-electron chi connectivity index (χ3n) is 0.674. The number of carboxylic acids is 1. The summed E-state index contributed by atoms with van der Waals surface area (Å²) in [7, 11) is -3.66. The topological polar surface area (TPSA) is 91.7 Å². The summed E-state index contributed by atoms with van der Waals surface area (Å²) in [6.07, 6.45) is 2.56. The minimum atomic E-state index is -3.66. The lowest BCUT2D eigenvalue weighted by molar-refractivity contribution is -0.131. The van der Waals surface area contributed by atoms with Crippen molar-refractivity contribution in [3.05, 3.63) is 12.2 Å². The van der Waals surface area contributed by atoms with E-state index in [2.05, 4.69) is 0 Å². The van der Waals surface area contributed by atoms with Gasteiger partial charge in [-0.2, -0.15) is 8.42 Å². The molecule has 0 spiro atoms. The first-order valence-electron chi connectivity index (χ1n) is 3.14. The van der Waals surface area contributed by atoms with Crippen molar-refractivity contribution in [2.75, 3.05) is 5.75 Å². The predicted molar refractivity (Wildman–Crippen MR) is 44.5 cm³/mol. The van der Waals surface area contributed by atoms with Crippen LogP contribution in [0.4, 0.5) is 0 Å². The third-order valence-corrected chi connectivity index (χ3v) is 1.40. The molecule has 0 atom stereocenters. The molecule has 5 nitrogen and oxygen atoms in total. The van der Waals surface area contributed by atoms with Crippen molar-refractivity contribution in [1.82, 2.24) is 0 Å².